The van der Waals surface area contributed by atoms with Crippen molar-refractivity contribution in [1.82, 2.24) is 10.2 Å². The average Bonchev–Trinajstić information content (AvgIpc) is 2.74. The molecule has 1 atom stereocenters. The van der Waals surface area contributed by atoms with Crippen molar-refractivity contribution in [3.8, 4) is 0 Å². The minimum atomic E-state index is -0.547. The zero-order chi connectivity index (χ0) is 22.8. The molecule has 1 unspecified atom stereocenters. The van der Waals surface area contributed by atoms with E-state index in [-0.39, 0.29) is 18.4 Å². The minimum Gasteiger partial charge on any atom is -0.354 e. The standard InChI is InChI=1S/C25H32Cl2N2O2/c1-4-6-15-28-25(31)23(5-2)29(17-20-12-13-21(26)16-22(20)27)24(30)14-11-19-9-7-18(3)8-10-19/h7-10,12-13,16,23H,4-6,11,14-15,17H2,1-3H3,(H,28,31). The number of aryl methyl sites for hydroxylation is 2. The molecule has 4 nitrogen and oxygen atoms in total. The topological polar surface area (TPSA) is 49.4 Å². The van der Waals surface area contributed by atoms with Crippen LogP contribution in [0.4, 0.5) is 0 Å². The van der Waals surface area contributed by atoms with Gasteiger partial charge in [0.25, 0.3) is 0 Å². The fourth-order valence-corrected chi connectivity index (χ4v) is 3.88. The molecular formula is C25H32Cl2N2O2. The molecule has 0 fully saturated rings. The van der Waals surface area contributed by atoms with Gasteiger partial charge in [0.1, 0.15) is 6.04 Å². The molecule has 6 heteroatoms. The largest absolute Gasteiger partial charge is 0.354 e. The molecule has 0 aromatic heterocycles. The summed E-state index contributed by atoms with van der Waals surface area (Å²) >= 11 is 12.4. The van der Waals surface area contributed by atoms with E-state index < -0.39 is 6.04 Å². The van der Waals surface area contributed by atoms with Gasteiger partial charge in [-0.05, 0) is 49.4 Å². The second-order valence-corrected chi connectivity index (χ2v) is 8.66. The van der Waals surface area contributed by atoms with E-state index in [1.165, 1.54) is 5.56 Å². The lowest BCUT2D eigenvalue weighted by Gasteiger charge is -2.31. The van der Waals surface area contributed by atoms with Gasteiger partial charge in [-0.2, -0.15) is 0 Å². The summed E-state index contributed by atoms with van der Waals surface area (Å²) in [5.41, 5.74) is 3.06. The van der Waals surface area contributed by atoms with Crippen LogP contribution in [-0.2, 0) is 22.6 Å². The lowest BCUT2D eigenvalue weighted by molar-refractivity contribution is -0.141. The Balaban J connectivity index is 2.20. The van der Waals surface area contributed by atoms with Gasteiger partial charge in [0.05, 0.1) is 0 Å². The van der Waals surface area contributed by atoms with Gasteiger partial charge in [-0.15, -0.1) is 0 Å². The number of hydrogen-bond donors (Lipinski definition) is 1. The first-order chi connectivity index (χ1) is 14.8. The van der Waals surface area contributed by atoms with Crippen LogP contribution in [0.15, 0.2) is 42.5 Å². The van der Waals surface area contributed by atoms with Gasteiger partial charge in [0, 0.05) is 29.6 Å². The van der Waals surface area contributed by atoms with Crippen LogP contribution in [0.25, 0.3) is 0 Å². The van der Waals surface area contributed by atoms with Crippen molar-refractivity contribution in [2.45, 2.75) is 65.5 Å². The number of carbonyl (C=O) groups excluding carboxylic acids is 2. The summed E-state index contributed by atoms with van der Waals surface area (Å²) in [6, 6.07) is 12.8. The predicted octanol–water partition coefficient (Wildman–Crippen LogP) is 5.96. The Morgan fingerprint density at radius 1 is 1.06 bits per heavy atom. The van der Waals surface area contributed by atoms with Crippen LogP contribution in [0, 0.1) is 6.92 Å². The van der Waals surface area contributed by atoms with E-state index in [2.05, 4.69) is 12.2 Å². The molecule has 1 N–H and O–H groups in total. The van der Waals surface area contributed by atoms with Crippen molar-refractivity contribution in [3.63, 3.8) is 0 Å². The van der Waals surface area contributed by atoms with Crippen molar-refractivity contribution in [2.24, 2.45) is 0 Å². The highest BCUT2D eigenvalue weighted by atomic mass is 35.5. The minimum absolute atomic E-state index is 0.0657. The van der Waals surface area contributed by atoms with E-state index in [0.717, 1.165) is 24.0 Å². The van der Waals surface area contributed by atoms with Crippen LogP contribution < -0.4 is 5.32 Å². The third kappa shape index (κ3) is 7.86. The molecule has 2 aromatic carbocycles. The molecule has 0 spiro atoms. The van der Waals surface area contributed by atoms with E-state index in [4.69, 9.17) is 23.2 Å². The second kappa shape index (κ2) is 12.7. The molecular weight excluding hydrogens is 431 g/mol. The molecule has 2 rings (SSSR count). The number of benzene rings is 2. The van der Waals surface area contributed by atoms with Crippen molar-refractivity contribution < 1.29 is 9.59 Å². The van der Waals surface area contributed by atoms with E-state index in [0.29, 0.717) is 35.9 Å². The molecule has 31 heavy (non-hydrogen) atoms. The van der Waals surface area contributed by atoms with E-state index >= 15 is 0 Å². The van der Waals surface area contributed by atoms with E-state index in [1.54, 1.807) is 17.0 Å². The Labute approximate surface area is 195 Å². The Morgan fingerprint density at radius 3 is 2.39 bits per heavy atom. The van der Waals surface area contributed by atoms with Crippen molar-refractivity contribution in [3.05, 3.63) is 69.2 Å². The van der Waals surface area contributed by atoms with Crippen molar-refractivity contribution in [1.29, 1.82) is 0 Å². The molecule has 0 aliphatic rings. The van der Waals surface area contributed by atoms with Gasteiger partial charge in [-0.3, -0.25) is 9.59 Å². The van der Waals surface area contributed by atoms with Gasteiger partial charge in [-0.25, -0.2) is 0 Å². The van der Waals surface area contributed by atoms with Crippen LogP contribution in [0.3, 0.4) is 0 Å². The molecule has 0 radical (unpaired) electrons. The molecule has 0 saturated heterocycles. The predicted molar refractivity (Wildman–Crippen MR) is 129 cm³/mol. The first-order valence-electron chi connectivity index (χ1n) is 10.9. The number of hydrogen-bond acceptors (Lipinski definition) is 2. The highest BCUT2D eigenvalue weighted by Gasteiger charge is 2.28. The smallest absolute Gasteiger partial charge is 0.242 e. The number of nitrogens with zero attached hydrogens (tertiary/aromatic N) is 1. The highest BCUT2D eigenvalue weighted by Crippen LogP contribution is 2.24. The fraction of sp³-hybridized carbons (Fsp3) is 0.440. The van der Waals surface area contributed by atoms with Gasteiger partial charge < -0.3 is 10.2 Å². The van der Waals surface area contributed by atoms with Gasteiger partial charge in [0.2, 0.25) is 11.8 Å². The maximum atomic E-state index is 13.3. The van der Waals surface area contributed by atoms with Crippen LogP contribution >= 0.6 is 23.2 Å². The van der Waals surface area contributed by atoms with Gasteiger partial charge in [0.15, 0.2) is 0 Å². The van der Waals surface area contributed by atoms with Crippen molar-refractivity contribution in [2.75, 3.05) is 6.54 Å². The summed E-state index contributed by atoms with van der Waals surface area (Å²) in [5, 5.41) is 4.00. The first-order valence-corrected chi connectivity index (χ1v) is 11.7. The van der Waals surface area contributed by atoms with Crippen LogP contribution in [-0.4, -0.2) is 29.3 Å². The summed E-state index contributed by atoms with van der Waals surface area (Å²) in [6.07, 6.45) is 3.38. The van der Waals surface area contributed by atoms with Crippen LogP contribution in [0.2, 0.25) is 10.0 Å². The molecule has 0 saturated carbocycles. The Hall–Kier alpha value is -2.04. The normalized spacial score (nSPS) is 11.8. The number of rotatable bonds is 11. The summed E-state index contributed by atoms with van der Waals surface area (Å²) < 4.78 is 0. The highest BCUT2D eigenvalue weighted by molar-refractivity contribution is 6.35. The molecule has 2 aromatic rings. The molecule has 0 bridgehead atoms. The molecule has 168 valence electrons. The SMILES string of the molecule is CCCCNC(=O)C(CC)N(Cc1ccc(Cl)cc1Cl)C(=O)CCc1ccc(C)cc1. The van der Waals surface area contributed by atoms with Gasteiger partial charge >= 0.3 is 0 Å². The lowest BCUT2D eigenvalue weighted by atomic mass is 10.0. The first kappa shape index (κ1) is 25.2. The zero-order valence-electron chi connectivity index (χ0n) is 18.6. The Morgan fingerprint density at radius 2 is 1.77 bits per heavy atom. The number of nitrogens with one attached hydrogen (secondary N) is 1. The quantitative estimate of drug-likeness (QED) is 0.418. The fourth-order valence-electron chi connectivity index (χ4n) is 3.41. The third-order valence-electron chi connectivity index (χ3n) is 5.32. The Kier molecular flexibility index (Phi) is 10.4. The van der Waals surface area contributed by atoms with Crippen LogP contribution in [0.5, 0.6) is 0 Å². The number of halogens is 2. The monoisotopic (exact) mass is 462 g/mol. The maximum absolute atomic E-state index is 13.3. The molecule has 0 heterocycles. The molecule has 2 amide bonds. The zero-order valence-corrected chi connectivity index (χ0v) is 20.1. The third-order valence-corrected chi connectivity index (χ3v) is 5.91. The molecule has 0 aliphatic carbocycles. The number of unbranched alkanes of at least 4 members (excludes halogenated alkanes) is 1. The second-order valence-electron chi connectivity index (χ2n) is 7.81. The van der Waals surface area contributed by atoms with Gasteiger partial charge in [-0.1, -0.05) is 79.4 Å². The summed E-state index contributed by atoms with van der Waals surface area (Å²) in [6.45, 7) is 6.91. The number of amides is 2. The summed E-state index contributed by atoms with van der Waals surface area (Å²) in [4.78, 5) is 27.8. The maximum Gasteiger partial charge on any atom is 0.242 e. The molecule has 0 aliphatic heterocycles. The van der Waals surface area contributed by atoms with Crippen molar-refractivity contribution >= 4 is 35.0 Å². The number of carbonyl (C=O) groups is 2. The lowest BCUT2D eigenvalue weighted by Crippen LogP contribution is -2.49. The average molecular weight is 463 g/mol. The van der Waals surface area contributed by atoms with E-state index in [1.807, 2.05) is 44.2 Å². The Bertz CT molecular complexity index is 868. The van der Waals surface area contributed by atoms with E-state index in [9.17, 15) is 9.59 Å². The van der Waals surface area contributed by atoms with Crippen LogP contribution in [0.1, 0.15) is 56.2 Å². The summed E-state index contributed by atoms with van der Waals surface area (Å²) in [5.74, 6) is -0.186. The summed E-state index contributed by atoms with van der Waals surface area (Å²) in [7, 11) is 0.